The van der Waals surface area contributed by atoms with Crippen molar-refractivity contribution in [3.8, 4) is 0 Å². The predicted molar refractivity (Wildman–Crippen MR) is 77.9 cm³/mol. The molecule has 1 unspecified atom stereocenters. The number of hydrogen-bond donors (Lipinski definition) is 0. The van der Waals surface area contributed by atoms with Crippen LogP contribution in [0.5, 0.6) is 0 Å². The molecule has 0 saturated carbocycles. The highest BCUT2D eigenvalue weighted by atomic mass is 79.9. The second-order valence-corrected chi connectivity index (χ2v) is 5.89. The third-order valence-corrected chi connectivity index (χ3v) is 4.87. The molecule has 0 N–H and O–H groups in total. The van der Waals surface area contributed by atoms with Crippen molar-refractivity contribution in [2.45, 2.75) is 25.5 Å². The van der Waals surface area contributed by atoms with Gasteiger partial charge in [-0.2, -0.15) is 9.49 Å². The van der Waals surface area contributed by atoms with Crippen molar-refractivity contribution in [3.05, 3.63) is 31.6 Å². The molecule has 1 aliphatic heterocycles. The van der Waals surface area contributed by atoms with Crippen LogP contribution in [-0.4, -0.2) is 21.3 Å². The van der Waals surface area contributed by atoms with Crippen LogP contribution < -0.4 is 0 Å². The lowest BCUT2D eigenvalue weighted by atomic mass is 10.1. The summed E-state index contributed by atoms with van der Waals surface area (Å²) in [6, 6.07) is 0. The third kappa shape index (κ3) is 2.31. The minimum atomic E-state index is -1.07. The van der Waals surface area contributed by atoms with E-state index in [9.17, 15) is 14.5 Å². The normalized spacial score (nSPS) is 19.1. The van der Waals surface area contributed by atoms with Crippen LogP contribution in [0, 0.1) is 15.9 Å². The zero-order valence-electron chi connectivity index (χ0n) is 10.7. The van der Waals surface area contributed by atoms with Crippen LogP contribution in [0.1, 0.15) is 25.5 Å². The van der Waals surface area contributed by atoms with Gasteiger partial charge in [0.15, 0.2) is 11.7 Å². The molecule has 1 aromatic heterocycles. The highest BCUT2D eigenvalue weighted by Gasteiger charge is 2.31. The van der Waals surface area contributed by atoms with Crippen LogP contribution >= 0.6 is 27.5 Å². The van der Waals surface area contributed by atoms with Crippen molar-refractivity contribution in [1.29, 1.82) is 0 Å². The van der Waals surface area contributed by atoms with E-state index in [0.29, 0.717) is 18.4 Å². The van der Waals surface area contributed by atoms with E-state index < -0.39 is 22.7 Å². The molecule has 1 aromatic carbocycles. The molecule has 21 heavy (non-hydrogen) atoms. The molecule has 0 aliphatic carbocycles. The Bertz CT molecular complexity index is 730. The molecule has 1 atom stereocenters. The molecule has 0 amide bonds. The van der Waals surface area contributed by atoms with Crippen molar-refractivity contribution in [3.63, 3.8) is 0 Å². The summed E-state index contributed by atoms with van der Waals surface area (Å²) in [4.78, 5) is 10.5. The Morgan fingerprint density at radius 2 is 2.33 bits per heavy atom. The standard InChI is InChI=1S/C12H10BrClFN3O3/c13-8-6-5-16-17(7-3-1-2-4-21-7)11(6)12(18(19)20)10(15)9(8)14/h5,7H,1-4H2. The minimum absolute atomic E-state index is 0.0840. The van der Waals surface area contributed by atoms with Crippen molar-refractivity contribution in [1.82, 2.24) is 9.78 Å². The maximum absolute atomic E-state index is 14.2. The summed E-state index contributed by atoms with van der Waals surface area (Å²) < 4.78 is 21.4. The first kappa shape index (κ1) is 14.7. The van der Waals surface area contributed by atoms with Gasteiger partial charge in [-0.25, -0.2) is 4.68 Å². The van der Waals surface area contributed by atoms with Gasteiger partial charge in [0.25, 0.3) is 0 Å². The first-order chi connectivity index (χ1) is 10.0. The van der Waals surface area contributed by atoms with Gasteiger partial charge in [-0.15, -0.1) is 0 Å². The molecular formula is C12H10BrClFN3O3. The smallest absolute Gasteiger partial charge is 0.332 e. The van der Waals surface area contributed by atoms with Crippen LogP contribution in [-0.2, 0) is 4.74 Å². The maximum Gasteiger partial charge on any atom is 0.332 e. The lowest BCUT2D eigenvalue weighted by Gasteiger charge is -2.23. The van der Waals surface area contributed by atoms with Crippen molar-refractivity contribution in [2.24, 2.45) is 0 Å². The zero-order valence-corrected chi connectivity index (χ0v) is 13.0. The number of ether oxygens (including phenoxy) is 1. The van der Waals surface area contributed by atoms with E-state index in [4.69, 9.17) is 16.3 Å². The highest BCUT2D eigenvalue weighted by molar-refractivity contribution is 9.10. The molecule has 1 saturated heterocycles. The van der Waals surface area contributed by atoms with E-state index in [1.807, 2.05) is 0 Å². The molecule has 1 aliphatic rings. The number of fused-ring (bicyclic) bond motifs is 1. The van der Waals surface area contributed by atoms with Gasteiger partial charge >= 0.3 is 5.69 Å². The quantitative estimate of drug-likeness (QED) is 0.446. The number of nitro groups is 1. The second kappa shape index (κ2) is 5.51. The van der Waals surface area contributed by atoms with Gasteiger partial charge < -0.3 is 4.74 Å². The third-order valence-electron chi connectivity index (χ3n) is 3.46. The van der Waals surface area contributed by atoms with Crippen LogP contribution in [0.25, 0.3) is 10.9 Å². The summed E-state index contributed by atoms with van der Waals surface area (Å²) in [6.45, 7) is 0.553. The Labute approximate surface area is 132 Å². The van der Waals surface area contributed by atoms with E-state index in [1.54, 1.807) is 0 Å². The van der Waals surface area contributed by atoms with Crippen LogP contribution in [0.2, 0.25) is 5.02 Å². The molecule has 0 spiro atoms. The average Bonchev–Trinajstić information content (AvgIpc) is 2.90. The van der Waals surface area contributed by atoms with Gasteiger partial charge in [0.05, 0.1) is 20.6 Å². The van der Waals surface area contributed by atoms with E-state index in [2.05, 4.69) is 21.0 Å². The highest BCUT2D eigenvalue weighted by Crippen LogP contribution is 2.42. The SMILES string of the molecule is O=[N+]([O-])c1c(F)c(Cl)c(Br)c2cnn(C3CCCCO3)c12. The lowest BCUT2D eigenvalue weighted by molar-refractivity contribution is -0.386. The number of nitrogens with zero attached hydrogens (tertiary/aromatic N) is 3. The molecule has 0 bridgehead atoms. The van der Waals surface area contributed by atoms with Crippen molar-refractivity contribution >= 4 is 44.1 Å². The second-order valence-electron chi connectivity index (χ2n) is 4.72. The number of rotatable bonds is 2. The maximum atomic E-state index is 14.2. The molecule has 2 heterocycles. The van der Waals surface area contributed by atoms with Gasteiger partial charge in [0.1, 0.15) is 0 Å². The summed E-state index contributed by atoms with van der Waals surface area (Å²) in [5, 5.41) is 15.4. The van der Waals surface area contributed by atoms with E-state index in [1.165, 1.54) is 10.9 Å². The van der Waals surface area contributed by atoms with Crippen LogP contribution in [0.4, 0.5) is 10.1 Å². The fourth-order valence-corrected chi connectivity index (χ4v) is 3.14. The molecule has 2 aromatic rings. The molecule has 3 rings (SSSR count). The fraction of sp³-hybridized carbons (Fsp3) is 0.417. The van der Waals surface area contributed by atoms with E-state index in [-0.39, 0.29) is 15.0 Å². The van der Waals surface area contributed by atoms with Gasteiger partial charge in [-0.3, -0.25) is 10.1 Å². The molecule has 1 fully saturated rings. The van der Waals surface area contributed by atoms with Crippen LogP contribution in [0.15, 0.2) is 10.7 Å². The molecule has 112 valence electrons. The largest absolute Gasteiger partial charge is 0.356 e. The first-order valence-electron chi connectivity index (χ1n) is 6.32. The summed E-state index contributed by atoms with van der Waals surface area (Å²) in [7, 11) is 0. The van der Waals surface area contributed by atoms with Crippen LogP contribution in [0.3, 0.4) is 0 Å². The summed E-state index contributed by atoms with van der Waals surface area (Å²) in [5.41, 5.74) is -0.592. The van der Waals surface area contributed by atoms with Gasteiger partial charge in [-0.05, 0) is 35.2 Å². The molecule has 6 nitrogen and oxygen atoms in total. The van der Waals surface area contributed by atoms with Crippen molar-refractivity contribution < 1.29 is 14.1 Å². The summed E-state index contributed by atoms with van der Waals surface area (Å²) >= 11 is 8.97. The molecule has 0 radical (unpaired) electrons. The Hall–Kier alpha value is -1.25. The topological polar surface area (TPSA) is 70.2 Å². The monoisotopic (exact) mass is 377 g/mol. The number of hydrogen-bond acceptors (Lipinski definition) is 4. The van der Waals surface area contributed by atoms with Crippen molar-refractivity contribution in [2.75, 3.05) is 6.61 Å². The Balaban J connectivity index is 2.30. The fourth-order valence-electron chi connectivity index (χ4n) is 2.48. The number of aromatic nitrogens is 2. The zero-order chi connectivity index (χ0) is 15.1. The van der Waals surface area contributed by atoms with Gasteiger partial charge in [0.2, 0.25) is 5.82 Å². The number of benzene rings is 1. The van der Waals surface area contributed by atoms with E-state index in [0.717, 1.165) is 12.8 Å². The summed E-state index contributed by atoms with van der Waals surface area (Å²) in [6.07, 6.45) is 3.53. The first-order valence-corrected chi connectivity index (χ1v) is 7.49. The minimum Gasteiger partial charge on any atom is -0.356 e. The average molecular weight is 379 g/mol. The molecular weight excluding hydrogens is 369 g/mol. The Kier molecular flexibility index (Phi) is 3.85. The lowest BCUT2D eigenvalue weighted by Crippen LogP contribution is -2.19. The van der Waals surface area contributed by atoms with E-state index >= 15 is 0 Å². The molecule has 9 heteroatoms. The number of nitro benzene ring substituents is 1. The Morgan fingerprint density at radius 1 is 1.57 bits per heavy atom. The summed E-state index contributed by atoms with van der Waals surface area (Å²) in [5.74, 6) is -1.07. The van der Waals surface area contributed by atoms with Gasteiger partial charge in [-0.1, -0.05) is 11.6 Å². The van der Waals surface area contributed by atoms with Gasteiger partial charge in [0, 0.05) is 12.0 Å². The Morgan fingerprint density at radius 3 is 2.95 bits per heavy atom. The number of halogens is 3. The predicted octanol–water partition coefficient (Wildman–Crippen LogP) is 4.20.